The lowest BCUT2D eigenvalue weighted by molar-refractivity contribution is -0.137. The first kappa shape index (κ1) is 18.5. The van der Waals surface area contributed by atoms with Crippen molar-refractivity contribution in [2.75, 3.05) is 5.32 Å². The second kappa shape index (κ2) is 6.92. The molecule has 0 spiro atoms. The minimum atomic E-state index is -4.40. The molecule has 0 amide bonds. The topological polar surface area (TPSA) is 59.8 Å². The van der Waals surface area contributed by atoms with E-state index in [1.165, 1.54) is 23.0 Å². The Morgan fingerprint density at radius 1 is 1.11 bits per heavy atom. The average Bonchev–Trinajstić information content (AvgIpc) is 3.17. The number of hydrogen-bond acceptors (Lipinski definition) is 4. The molecule has 28 heavy (non-hydrogen) atoms. The van der Waals surface area contributed by atoms with Gasteiger partial charge in [0.25, 0.3) is 5.56 Å². The SMILES string of the molecule is Cn1cnc2c(-c3ccc(C(F)(F)F)cc3)cnc(NC3CCCC3)c2c1=O. The Hall–Kier alpha value is -2.90. The van der Waals surface area contributed by atoms with Gasteiger partial charge in [-0.3, -0.25) is 4.79 Å². The lowest BCUT2D eigenvalue weighted by Crippen LogP contribution is -2.22. The zero-order valence-electron chi connectivity index (χ0n) is 15.3. The van der Waals surface area contributed by atoms with Gasteiger partial charge in [0, 0.05) is 24.8 Å². The van der Waals surface area contributed by atoms with Crippen molar-refractivity contribution in [1.29, 1.82) is 0 Å². The highest BCUT2D eigenvalue weighted by molar-refractivity contribution is 5.98. The van der Waals surface area contributed by atoms with Gasteiger partial charge >= 0.3 is 6.18 Å². The largest absolute Gasteiger partial charge is 0.416 e. The number of anilines is 1. The van der Waals surface area contributed by atoms with Crippen LogP contribution in [-0.2, 0) is 13.2 Å². The molecule has 146 valence electrons. The second-order valence-electron chi connectivity index (χ2n) is 7.11. The van der Waals surface area contributed by atoms with Gasteiger partial charge in [-0.2, -0.15) is 13.2 Å². The van der Waals surface area contributed by atoms with Crippen LogP contribution in [0.15, 0.2) is 41.6 Å². The number of hydrogen-bond donors (Lipinski definition) is 1. The number of aryl methyl sites for hydroxylation is 1. The van der Waals surface area contributed by atoms with E-state index < -0.39 is 11.7 Å². The number of pyridine rings is 1. The van der Waals surface area contributed by atoms with E-state index in [0.29, 0.717) is 27.8 Å². The minimum absolute atomic E-state index is 0.244. The average molecular weight is 388 g/mol. The minimum Gasteiger partial charge on any atom is -0.367 e. The highest BCUT2D eigenvalue weighted by Gasteiger charge is 2.30. The van der Waals surface area contributed by atoms with Crippen molar-refractivity contribution >= 4 is 16.7 Å². The maximum absolute atomic E-state index is 12.8. The van der Waals surface area contributed by atoms with Crippen LogP contribution in [-0.4, -0.2) is 20.6 Å². The highest BCUT2D eigenvalue weighted by atomic mass is 19.4. The van der Waals surface area contributed by atoms with Gasteiger partial charge in [-0.15, -0.1) is 0 Å². The monoisotopic (exact) mass is 388 g/mol. The Labute approximate surface area is 159 Å². The van der Waals surface area contributed by atoms with Crippen LogP contribution < -0.4 is 10.9 Å². The molecular formula is C20H19F3N4O. The van der Waals surface area contributed by atoms with Gasteiger partial charge in [-0.1, -0.05) is 25.0 Å². The molecule has 0 unspecified atom stereocenters. The zero-order chi connectivity index (χ0) is 19.9. The fourth-order valence-corrected chi connectivity index (χ4v) is 3.63. The molecule has 1 aromatic carbocycles. The van der Waals surface area contributed by atoms with Crippen molar-refractivity contribution in [1.82, 2.24) is 14.5 Å². The molecule has 2 heterocycles. The first-order valence-electron chi connectivity index (χ1n) is 9.13. The summed E-state index contributed by atoms with van der Waals surface area (Å²) in [5, 5.41) is 3.70. The standard InChI is InChI=1S/C20H19F3N4O/c1-27-11-25-17-15(12-6-8-13(9-7-12)20(21,22)23)10-24-18(16(17)19(27)28)26-14-4-2-3-5-14/h6-11,14H,2-5H2,1H3,(H,24,26). The van der Waals surface area contributed by atoms with Crippen LogP contribution in [0.1, 0.15) is 31.2 Å². The molecule has 1 fully saturated rings. The van der Waals surface area contributed by atoms with Gasteiger partial charge in [0.1, 0.15) is 11.2 Å². The van der Waals surface area contributed by atoms with E-state index in [4.69, 9.17) is 0 Å². The van der Waals surface area contributed by atoms with Gasteiger partial charge in [0.2, 0.25) is 0 Å². The number of fused-ring (bicyclic) bond motifs is 1. The molecule has 0 aliphatic heterocycles. The fraction of sp³-hybridized carbons (Fsp3) is 0.350. The van der Waals surface area contributed by atoms with Crippen molar-refractivity contribution in [3.05, 3.63) is 52.7 Å². The van der Waals surface area contributed by atoms with Crippen molar-refractivity contribution < 1.29 is 13.2 Å². The third-order valence-corrected chi connectivity index (χ3v) is 5.16. The van der Waals surface area contributed by atoms with Crippen molar-refractivity contribution in [2.24, 2.45) is 7.05 Å². The molecule has 1 saturated carbocycles. The number of halogens is 3. The summed E-state index contributed by atoms with van der Waals surface area (Å²) in [6, 6.07) is 5.06. The summed E-state index contributed by atoms with van der Waals surface area (Å²) in [4.78, 5) is 21.6. The van der Waals surface area contributed by atoms with Gasteiger partial charge in [-0.25, -0.2) is 9.97 Å². The molecule has 2 aromatic heterocycles. The van der Waals surface area contributed by atoms with Gasteiger partial charge in [-0.05, 0) is 30.5 Å². The van der Waals surface area contributed by atoms with E-state index in [9.17, 15) is 18.0 Å². The Morgan fingerprint density at radius 3 is 2.43 bits per heavy atom. The summed E-state index contributed by atoms with van der Waals surface area (Å²) >= 11 is 0. The van der Waals surface area contributed by atoms with Crippen molar-refractivity contribution in [3.8, 4) is 11.1 Å². The van der Waals surface area contributed by atoms with Crippen LogP contribution >= 0.6 is 0 Å². The molecule has 4 rings (SSSR count). The summed E-state index contributed by atoms with van der Waals surface area (Å²) in [5.41, 5.74) is 0.513. The number of rotatable bonds is 3. The lowest BCUT2D eigenvalue weighted by Gasteiger charge is -2.16. The van der Waals surface area contributed by atoms with Crippen LogP contribution in [0, 0.1) is 0 Å². The number of alkyl halides is 3. The second-order valence-corrected chi connectivity index (χ2v) is 7.11. The molecule has 8 heteroatoms. The third-order valence-electron chi connectivity index (χ3n) is 5.16. The molecular weight excluding hydrogens is 369 g/mol. The van der Waals surface area contributed by atoms with Gasteiger partial charge in [0.05, 0.1) is 17.4 Å². The van der Waals surface area contributed by atoms with Crippen molar-refractivity contribution in [2.45, 2.75) is 37.9 Å². The molecule has 1 N–H and O–H groups in total. The molecule has 3 aromatic rings. The predicted molar refractivity (Wildman–Crippen MR) is 101 cm³/mol. The predicted octanol–water partition coefficient (Wildman–Crippen LogP) is 4.37. The normalized spacial score (nSPS) is 15.3. The molecule has 0 radical (unpaired) electrons. The van der Waals surface area contributed by atoms with E-state index in [0.717, 1.165) is 37.8 Å². The Morgan fingerprint density at radius 2 is 1.79 bits per heavy atom. The Bertz CT molecular complexity index is 1070. The quantitative estimate of drug-likeness (QED) is 0.724. The highest BCUT2D eigenvalue weighted by Crippen LogP contribution is 2.33. The van der Waals surface area contributed by atoms with E-state index in [1.807, 2.05) is 0 Å². The van der Waals surface area contributed by atoms with Crippen LogP contribution in [0.2, 0.25) is 0 Å². The van der Waals surface area contributed by atoms with Crippen molar-refractivity contribution in [3.63, 3.8) is 0 Å². The van der Waals surface area contributed by atoms with E-state index in [2.05, 4.69) is 15.3 Å². The summed E-state index contributed by atoms with van der Waals surface area (Å²) in [6.45, 7) is 0. The van der Waals surface area contributed by atoms with Gasteiger partial charge in [0.15, 0.2) is 0 Å². The van der Waals surface area contributed by atoms with Crippen LogP contribution in [0.5, 0.6) is 0 Å². The molecule has 0 saturated heterocycles. The number of aromatic nitrogens is 3. The Kier molecular flexibility index (Phi) is 4.56. The number of nitrogens with zero attached hydrogens (tertiary/aromatic N) is 3. The van der Waals surface area contributed by atoms with E-state index >= 15 is 0 Å². The van der Waals surface area contributed by atoms with Crippen LogP contribution in [0.4, 0.5) is 19.0 Å². The summed E-state index contributed by atoms with van der Waals surface area (Å²) in [5.74, 6) is 0.478. The summed E-state index contributed by atoms with van der Waals surface area (Å²) < 4.78 is 39.9. The first-order valence-corrected chi connectivity index (χ1v) is 9.13. The van der Waals surface area contributed by atoms with Gasteiger partial charge < -0.3 is 9.88 Å². The molecule has 0 atom stereocenters. The number of benzene rings is 1. The number of nitrogens with one attached hydrogen (secondary N) is 1. The maximum atomic E-state index is 12.8. The van der Waals surface area contributed by atoms with Crippen LogP contribution in [0.3, 0.4) is 0 Å². The summed E-state index contributed by atoms with van der Waals surface area (Å²) in [6.07, 6.45) is 2.88. The summed E-state index contributed by atoms with van der Waals surface area (Å²) in [7, 11) is 1.61. The third kappa shape index (κ3) is 3.34. The molecule has 5 nitrogen and oxygen atoms in total. The first-order chi connectivity index (χ1) is 13.3. The molecule has 1 aliphatic carbocycles. The smallest absolute Gasteiger partial charge is 0.367 e. The fourth-order valence-electron chi connectivity index (χ4n) is 3.63. The van der Waals surface area contributed by atoms with E-state index in [1.54, 1.807) is 13.2 Å². The molecule has 0 bridgehead atoms. The maximum Gasteiger partial charge on any atom is 0.416 e. The lowest BCUT2D eigenvalue weighted by atomic mass is 10.0. The van der Waals surface area contributed by atoms with Crippen LogP contribution in [0.25, 0.3) is 22.0 Å². The Balaban J connectivity index is 1.84. The molecule has 1 aliphatic rings. The zero-order valence-corrected chi connectivity index (χ0v) is 15.3. The van der Waals surface area contributed by atoms with E-state index in [-0.39, 0.29) is 11.6 Å².